The summed E-state index contributed by atoms with van der Waals surface area (Å²) in [4.78, 5) is 23.1. The summed E-state index contributed by atoms with van der Waals surface area (Å²) in [6, 6.07) is -0.397. The quantitative estimate of drug-likeness (QED) is 0.712. The fraction of sp³-hybridized carbons (Fsp3) is 0.818. The van der Waals surface area contributed by atoms with Crippen LogP contribution < -0.4 is 11.1 Å². The third-order valence-electron chi connectivity index (χ3n) is 2.15. The second kappa shape index (κ2) is 5.85. The molecule has 88 valence electrons. The smallest absolute Gasteiger partial charge is 0.234 e. The van der Waals surface area contributed by atoms with Crippen molar-refractivity contribution in [1.29, 1.82) is 0 Å². The topological polar surface area (TPSA) is 72.2 Å². The highest BCUT2D eigenvalue weighted by Crippen LogP contribution is 2.18. The minimum absolute atomic E-state index is 0.0613. The molecule has 0 fully saturated rings. The maximum atomic E-state index is 12.0. The number of Topliss-reactive ketones (excluding diaryl/α,β-unsaturated/α-hetero) is 1. The van der Waals surface area contributed by atoms with Crippen LogP contribution in [0.4, 0.5) is 0 Å². The molecule has 0 radical (unpaired) electrons. The van der Waals surface area contributed by atoms with Gasteiger partial charge in [-0.3, -0.25) is 9.59 Å². The standard InChI is InChI=1S/C11H22N2O2/c1-5-6-8(13-9(14)7-12)10(15)11(2,3)4/h8H,5-7,12H2,1-4H3,(H,13,14). The molecule has 0 bridgehead atoms. The van der Waals surface area contributed by atoms with E-state index in [0.717, 1.165) is 6.42 Å². The Morgan fingerprint density at radius 1 is 1.33 bits per heavy atom. The lowest BCUT2D eigenvalue weighted by Crippen LogP contribution is -2.47. The van der Waals surface area contributed by atoms with Gasteiger partial charge in [-0.05, 0) is 6.42 Å². The summed E-state index contributed by atoms with van der Waals surface area (Å²) >= 11 is 0. The molecule has 0 aliphatic rings. The zero-order valence-corrected chi connectivity index (χ0v) is 10.1. The second-order valence-electron chi connectivity index (χ2n) is 4.73. The van der Waals surface area contributed by atoms with Gasteiger partial charge in [0.25, 0.3) is 0 Å². The number of rotatable bonds is 5. The van der Waals surface area contributed by atoms with Crippen molar-refractivity contribution in [1.82, 2.24) is 5.32 Å². The molecule has 3 N–H and O–H groups in total. The monoisotopic (exact) mass is 214 g/mol. The van der Waals surface area contributed by atoms with Crippen molar-refractivity contribution in [2.75, 3.05) is 6.54 Å². The molecule has 0 aliphatic carbocycles. The average Bonchev–Trinajstić information content (AvgIpc) is 2.14. The highest BCUT2D eigenvalue weighted by atomic mass is 16.2. The van der Waals surface area contributed by atoms with Crippen LogP contribution >= 0.6 is 0 Å². The fourth-order valence-corrected chi connectivity index (χ4v) is 1.33. The van der Waals surface area contributed by atoms with E-state index in [0.29, 0.717) is 6.42 Å². The highest BCUT2D eigenvalue weighted by Gasteiger charge is 2.29. The number of hydrogen-bond donors (Lipinski definition) is 2. The van der Waals surface area contributed by atoms with Crippen LogP contribution in [0.2, 0.25) is 0 Å². The SMILES string of the molecule is CCCC(NC(=O)CN)C(=O)C(C)(C)C. The van der Waals surface area contributed by atoms with Crippen molar-refractivity contribution in [3.8, 4) is 0 Å². The van der Waals surface area contributed by atoms with E-state index < -0.39 is 11.5 Å². The molecule has 0 saturated carbocycles. The molecule has 0 aliphatic heterocycles. The van der Waals surface area contributed by atoms with Gasteiger partial charge in [0.2, 0.25) is 5.91 Å². The minimum Gasteiger partial charge on any atom is -0.345 e. The Hall–Kier alpha value is -0.900. The third-order valence-corrected chi connectivity index (χ3v) is 2.15. The number of amides is 1. The average molecular weight is 214 g/mol. The van der Waals surface area contributed by atoms with Crippen LogP contribution in [0.25, 0.3) is 0 Å². The first-order chi connectivity index (χ1) is 6.82. The van der Waals surface area contributed by atoms with Gasteiger partial charge in [0.15, 0.2) is 5.78 Å². The van der Waals surface area contributed by atoms with Gasteiger partial charge in [0.1, 0.15) is 0 Å². The molecule has 1 atom stereocenters. The molecule has 0 saturated heterocycles. The van der Waals surface area contributed by atoms with Gasteiger partial charge < -0.3 is 11.1 Å². The van der Waals surface area contributed by atoms with Crippen LogP contribution in [0.1, 0.15) is 40.5 Å². The summed E-state index contributed by atoms with van der Waals surface area (Å²) in [6.45, 7) is 7.47. The van der Waals surface area contributed by atoms with Gasteiger partial charge in [0.05, 0.1) is 12.6 Å². The predicted molar refractivity (Wildman–Crippen MR) is 60.4 cm³/mol. The Bertz CT molecular complexity index is 231. The van der Waals surface area contributed by atoms with Crippen molar-refractivity contribution in [2.45, 2.75) is 46.6 Å². The normalized spacial score (nSPS) is 13.4. The van der Waals surface area contributed by atoms with E-state index in [1.165, 1.54) is 0 Å². The van der Waals surface area contributed by atoms with Crippen LogP contribution in [0.5, 0.6) is 0 Å². The van der Waals surface area contributed by atoms with Crippen molar-refractivity contribution in [2.24, 2.45) is 11.1 Å². The Morgan fingerprint density at radius 3 is 2.20 bits per heavy atom. The minimum atomic E-state index is -0.429. The number of nitrogens with one attached hydrogen (secondary N) is 1. The first-order valence-corrected chi connectivity index (χ1v) is 5.36. The van der Waals surface area contributed by atoms with Gasteiger partial charge >= 0.3 is 0 Å². The van der Waals surface area contributed by atoms with Crippen LogP contribution in [0.3, 0.4) is 0 Å². The summed E-state index contributed by atoms with van der Waals surface area (Å²) in [6.07, 6.45) is 1.53. The van der Waals surface area contributed by atoms with Crippen LogP contribution in [0.15, 0.2) is 0 Å². The van der Waals surface area contributed by atoms with E-state index in [4.69, 9.17) is 5.73 Å². The molecule has 0 aromatic rings. The van der Waals surface area contributed by atoms with Crippen molar-refractivity contribution in [3.63, 3.8) is 0 Å². The largest absolute Gasteiger partial charge is 0.345 e. The first-order valence-electron chi connectivity index (χ1n) is 5.36. The Morgan fingerprint density at radius 2 is 1.87 bits per heavy atom. The van der Waals surface area contributed by atoms with Crippen molar-refractivity contribution < 1.29 is 9.59 Å². The summed E-state index contributed by atoms with van der Waals surface area (Å²) in [7, 11) is 0. The molecular formula is C11H22N2O2. The molecule has 0 spiro atoms. The van der Waals surface area contributed by atoms with Crippen LogP contribution in [-0.2, 0) is 9.59 Å². The zero-order chi connectivity index (χ0) is 12.1. The molecule has 4 heteroatoms. The number of nitrogens with two attached hydrogens (primary N) is 1. The molecule has 1 unspecified atom stereocenters. The second-order valence-corrected chi connectivity index (χ2v) is 4.73. The van der Waals surface area contributed by atoms with Crippen molar-refractivity contribution in [3.05, 3.63) is 0 Å². The Labute approximate surface area is 91.6 Å². The maximum absolute atomic E-state index is 12.0. The summed E-state index contributed by atoms with van der Waals surface area (Å²) < 4.78 is 0. The molecular weight excluding hydrogens is 192 g/mol. The molecule has 1 amide bonds. The number of carbonyl (C=O) groups is 2. The summed E-state index contributed by atoms with van der Waals surface area (Å²) in [5.41, 5.74) is 4.77. The van der Waals surface area contributed by atoms with Crippen LogP contribution in [0, 0.1) is 5.41 Å². The van der Waals surface area contributed by atoms with Gasteiger partial charge in [0, 0.05) is 5.41 Å². The Balaban J connectivity index is 4.52. The highest BCUT2D eigenvalue weighted by molar-refractivity contribution is 5.92. The summed E-state index contributed by atoms with van der Waals surface area (Å²) in [5, 5.41) is 2.66. The molecule has 0 aromatic heterocycles. The van der Waals surface area contributed by atoms with E-state index in [-0.39, 0.29) is 18.2 Å². The number of carbonyl (C=O) groups excluding carboxylic acids is 2. The predicted octanol–water partition coefficient (Wildman–Crippen LogP) is 0.845. The van der Waals surface area contributed by atoms with Crippen LogP contribution in [-0.4, -0.2) is 24.3 Å². The lowest BCUT2D eigenvalue weighted by molar-refractivity contribution is -0.132. The lowest BCUT2D eigenvalue weighted by atomic mass is 9.85. The fourth-order valence-electron chi connectivity index (χ4n) is 1.33. The van der Waals surface area contributed by atoms with Gasteiger partial charge in [-0.1, -0.05) is 34.1 Å². The zero-order valence-electron chi connectivity index (χ0n) is 10.1. The van der Waals surface area contributed by atoms with Crippen molar-refractivity contribution >= 4 is 11.7 Å². The van der Waals surface area contributed by atoms with E-state index >= 15 is 0 Å². The van der Waals surface area contributed by atoms with Gasteiger partial charge in [-0.25, -0.2) is 0 Å². The number of hydrogen-bond acceptors (Lipinski definition) is 3. The molecule has 0 rings (SSSR count). The van der Waals surface area contributed by atoms with Gasteiger partial charge in [-0.2, -0.15) is 0 Å². The number of ketones is 1. The Kier molecular flexibility index (Phi) is 5.50. The molecule has 0 aromatic carbocycles. The summed E-state index contributed by atoms with van der Waals surface area (Å²) in [5.74, 6) is -0.211. The molecule has 4 nitrogen and oxygen atoms in total. The van der Waals surface area contributed by atoms with E-state index in [1.807, 2.05) is 27.7 Å². The van der Waals surface area contributed by atoms with E-state index in [1.54, 1.807) is 0 Å². The third kappa shape index (κ3) is 4.93. The molecule has 0 heterocycles. The van der Waals surface area contributed by atoms with Gasteiger partial charge in [-0.15, -0.1) is 0 Å². The van der Waals surface area contributed by atoms with E-state index in [9.17, 15) is 9.59 Å². The first kappa shape index (κ1) is 14.1. The maximum Gasteiger partial charge on any atom is 0.234 e. The lowest BCUT2D eigenvalue weighted by Gasteiger charge is -2.25. The molecule has 15 heavy (non-hydrogen) atoms. The van der Waals surface area contributed by atoms with E-state index in [2.05, 4.69) is 5.32 Å².